The first-order chi connectivity index (χ1) is 11.8. The lowest BCUT2D eigenvalue weighted by Gasteiger charge is -1.96. The molecule has 4 nitrogen and oxygen atoms in total. The highest BCUT2D eigenvalue weighted by atomic mass is 14.2. The standard InChI is InChI=1S/2C10H16N2/c2*11-9-7-5-3-1-2-4-6-8-10-12/h2*1-8H2. The van der Waals surface area contributed by atoms with Crippen LogP contribution in [0.1, 0.15) is 103 Å². The molecule has 0 heterocycles. The summed E-state index contributed by atoms with van der Waals surface area (Å²) >= 11 is 0. The van der Waals surface area contributed by atoms with E-state index in [-0.39, 0.29) is 0 Å². The molecule has 0 aliphatic rings. The van der Waals surface area contributed by atoms with E-state index in [4.69, 9.17) is 21.0 Å². The van der Waals surface area contributed by atoms with Crippen LogP contribution in [0.15, 0.2) is 0 Å². The maximum absolute atomic E-state index is 8.25. The zero-order chi connectivity index (χ0) is 18.1. The Bertz CT molecular complexity index is 323. The Morgan fingerprint density at radius 3 is 0.625 bits per heavy atom. The lowest BCUT2D eigenvalue weighted by Crippen LogP contribution is -1.79. The van der Waals surface area contributed by atoms with Crippen molar-refractivity contribution in [2.24, 2.45) is 0 Å². The van der Waals surface area contributed by atoms with Crippen molar-refractivity contribution in [2.75, 3.05) is 0 Å². The van der Waals surface area contributed by atoms with Gasteiger partial charge in [0.2, 0.25) is 0 Å². The second-order valence-corrected chi connectivity index (χ2v) is 5.88. The van der Waals surface area contributed by atoms with E-state index in [1.807, 2.05) is 0 Å². The van der Waals surface area contributed by atoms with E-state index in [9.17, 15) is 0 Å². The van der Waals surface area contributed by atoms with Gasteiger partial charge in [-0.2, -0.15) is 21.0 Å². The third kappa shape index (κ3) is 28.2. The molecule has 0 aliphatic heterocycles. The minimum absolute atomic E-state index is 0.693. The molecule has 0 N–H and O–H groups in total. The van der Waals surface area contributed by atoms with Gasteiger partial charge in [0.05, 0.1) is 24.3 Å². The molecule has 4 heteroatoms. The van der Waals surface area contributed by atoms with Gasteiger partial charge in [-0.1, -0.05) is 51.4 Å². The van der Waals surface area contributed by atoms with Crippen LogP contribution in [0.25, 0.3) is 0 Å². The quantitative estimate of drug-likeness (QED) is 0.349. The first-order valence-corrected chi connectivity index (χ1v) is 9.31. The molecular weight excluding hydrogens is 296 g/mol. The number of nitrogens with zero attached hydrogens (tertiary/aromatic N) is 4. The summed E-state index contributed by atoms with van der Waals surface area (Å²) in [6.07, 6.45) is 16.4. The molecule has 0 amide bonds. The molecule has 0 saturated carbocycles. The Morgan fingerprint density at radius 2 is 0.458 bits per heavy atom. The summed E-state index contributed by atoms with van der Waals surface area (Å²) in [5, 5.41) is 33.0. The van der Waals surface area contributed by atoms with Crippen LogP contribution in [0.2, 0.25) is 0 Å². The molecule has 0 unspecified atom stereocenters. The Balaban J connectivity index is 0. The molecule has 0 fully saturated rings. The molecule has 0 saturated heterocycles. The fourth-order valence-corrected chi connectivity index (χ4v) is 2.23. The molecule has 0 atom stereocenters. The number of nitriles is 4. The van der Waals surface area contributed by atoms with Gasteiger partial charge >= 0.3 is 0 Å². The van der Waals surface area contributed by atoms with Crippen molar-refractivity contribution in [1.29, 1.82) is 21.0 Å². The molecule has 0 bridgehead atoms. The molecule has 132 valence electrons. The molecule has 0 rings (SSSR count). The zero-order valence-corrected chi connectivity index (χ0v) is 15.1. The first kappa shape index (κ1) is 24.2. The Hall–Kier alpha value is -2.04. The largest absolute Gasteiger partial charge is 0.198 e. The average molecular weight is 329 g/mol. The minimum atomic E-state index is 0.693. The van der Waals surface area contributed by atoms with Crippen LogP contribution >= 0.6 is 0 Å². The third-order valence-electron chi connectivity index (χ3n) is 3.65. The maximum Gasteiger partial charge on any atom is 0.0621 e. The van der Waals surface area contributed by atoms with Gasteiger partial charge in [0.15, 0.2) is 0 Å². The van der Waals surface area contributed by atoms with Gasteiger partial charge in [0, 0.05) is 25.7 Å². The summed E-state index contributed by atoms with van der Waals surface area (Å²) in [6.45, 7) is 0. The highest BCUT2D eigenvalue weighted by Gasteiger charge is 1.91. The first-order valence-electron chi connectivity index (χ1n) is 9.31. The maximum atomic E-state index is 8.25. The Kier molecular flexibility index (Phi) is 26.1. The summed E-state index contributed by atoms with van der Waals surface area (Å²) in [7, 11) is 0. The normalized spacial score (nSPS) is 8.83. The van der Waals surface area contributed by atoms with E-state index in [2.05, 4.69) is 24.3 Å². The molecular formula is C20H32N4. The predicted octanol–water partition coefficient (Wildman–Crippen LogP) is 6.31. The van der Waals surface area contributed by atoms with Crippen molar-refractivity contribution in [3.05, 3.63) is 0 Å². The second kappa shape index (κ2) is 25.9. The van der Waals surface area contributed by atoms with Crippen molar-refractivity contribution in [1.82, 2.24) is 0 Å². The summed E-state index contributed by atoms with van der Waals surface area (Å²) in [6, 6.07) is 8.54. The number of rotatable bonds is 14. The van der Waals surface area contributed by atoms with E-state index < -0.39 is 0 Å². The molecule has 0 spiro atoms. The Labute approximate surface area is 148 Å². The van der Waals surface area contributed by atoms with Gasteiger partial charge < -0.3 is 0 Å². The minimum Gasteiger partial charge on any atom is -0.198 e. The average Bonchev–Trinajstić information content (AvgIpc) is 2.60. The van der Waals surface area contributed by atoms with Gasteiger partial charge in [-0.05, 0) is 25.7 Å². The van der Waals surface area contributed by atoms with Crippen LogP contribution in [0, 0.1) is 45.3 Å². The van der Waals surface area contributed by atoms with Gasteiger partial charge in [-0.3, -0.25) is 0 Å². The highest BCUT2D eigenvalue weighted by molar-refractivity contribution is 4.70. The summed E-state index contributed by atoms with van der Waals surface area (Å²) in [4.78, 5) is 0. The van der Waals surface area contributed by atoms with E-state index in [1.165, 1.54) is 51.4 Å². The van der Waals surface area contributed by atoms with Crippen molar-refractivity contribution >= 4 is 0 Å². The van der Waals surface area contributed by atoms with Crippen molar-refractivity contribution < 1.29 is 0 Å². The van der Waals surface area contributed by atoms with Gasteiger partial charge in [0.1, 0.15) is 0 Å². The van der Waals surface area contributed by atoms with Crippen LogP contribution in [-0.2, 0) is 0 Å². The van der Waals surface area contributed by atoms with Crippen LogP contribution < -0.4 is 0 Å². The van der Waals surface area contributed by atoms with Crippen molar-refractivity contribution in [3.63, 3.8) is 0 Å². The molecule has 0 radical (unpaired) electrons. The summed E-state index contributed by atoms with van der Waals surface area (Å²) < 4.78 is 0. The molecule has 0 aromatic heterocycles. The summed E-state index contributed by atoms with van der Waals surface area (Å²) in [5.74, 6) is 0. The van der Waals surface area contributed by atoms with E-state index >= 15 is 0 Å². The monoisotopic (exact) mass is 328 g/mol. The second-order valence-electron chi connectivity index (χ2n) is 5.88. The van der Waals surface area contributed by atoms with E-state index in [0.717, 1.165) is 25.7 Å². The van der Waals surface area contributed by atoms with Crippen LogP contribution in [0.5, 0.6) is 0 Å². The lowest BCUT2D eigenvalue weighted by molar-refractivity contribution is 0.603. The topological polar surface area (TPSA) is 95.2 Å². The van der Waals surface area contributed by atoms with E-state index in [0.29, 0.717) is 25.7 Å². The van der Waals surface area contributed by atoms with Gasteiger partial charge in [-0.25, -0.2) is 0 Å². The molecule has 24 heavy (non-hydrogen) atoms. The van der Waals surface area contributed by atoms with Crippen LogP contribution in [0.3, 0.4) is 0 Å². The van der Waals surface area contributed by atoms with Crippen LogP contribution in [-0.4, -0.2) is 0 Å². The highest BCUT2D eigenvalue weighted by Crippen LogP contribution is 2.08. The Morgan fingerprint density at radius 1 is 0.292 bits per heavy atom. The SMILES string of the molecule is N#CCCCCCCCCC#N.N#CCCCCCCCCC#N. The van der Waals surface area contributed by atoms with Gasteiger partial charge in [-0.15, -0.1) is 0 Å². The molecule has 0 aromatic rings. The lowest BCUT2D eigenvalue weighted by atomic mass is 10.1. The summed E-state index contributed by atoms with van der Waals surface area (Å²) in [5.41, 5.74) is 0. The fourth-order valence-electron chi connectivity index (χ4n) is 2.23. The third-order valence-corrected chi connectivity index (χ3v) is 3.65. The molecule has 0 aromatic carbocycles. The van der Waals surface area contributed by atoms with Crippen molar-refractivity contribution in [3.8, 4) is 24.3 Å². The number of unbranched alkanes of at least 4 members (excludes halogenated alkanes) is 14. The van der Waals surface area contributed by atoms with E-state index in [1.54, 1.807) is 0 Å². The fraction of sp³-hybridized carbons (Fsp3) is 0.800. The number of hydrogen-bond acceptors (Lipinski definition) is 4. The smallest absolute Gasteiger partial charge is 0.0621 e. The van der Waals surface area contributed by atoms with Crippen LogP contribution in [0.4, 0.5) is 0 Å². The molecule has 0 aliphatic carbocycles. The predicted molar refractivity (Wildman–Crippen MR) is 96.3 cm³/mol. The zero-order valence-electron chi connectivity index (χ0n) is 15.1. The van der Waals surface area contributed by atoms with Crippen molar-refractivity contribution in [2.45, 2.75) is 103 Å². The number of hydrogen-bond donors (Lipinski definition) is 0. The van der Waals surface area contributed by atoms with Gasteiger partial charge in [0.25, 0.3) is 0 Å².